The molecule has 0 aliphatic heterocycles. The van der Waals surface area contributed by atoms with Crippen molar-refractivity contribution in [2.75, 3.05) is 7.11 Å². The zero-order valence-electron chi connectivity index (χ0n) is 11.3. The molecule has 1 rings (SSSR count). The van der Waals surface area contributed by atoms with E-state index in [1.165, 1.54) is 11.1 Å². The van der Waals surface area contributed by atoms with Crippen molar-refractivity contribution in [2.45, 2.75) is 39.7 Å². The van der Waals surface area contributed by atoms with E-state index < -0.39 is 0 Å². The summed E-state index contributed by atoms with van der Waals surface area (Å²) in [6, 6.07) is 6.55. The van der Waals surface area contributed by atoms with Crippen LogP contribution in [0.2, 0.25) is 0 Å². The van der Waals surface area contributed by atoms with E-state index in [1.54, 1.807) is 7.11 Å². The number of nitrogens with one attached hydrogen (secondary N) is 1. The van der Waals surface area contributed by atoms with Gasteiger partial charge in [-0.3, -0.25) is 11.3 Å². The molecule has 0 aliphatic rings. The Morgan fingerprint density at radius 3 is 2.65 bits per heavy atom. The smallest absolute Gasteiger partial charge is 0.122 e. The van der Waals surface area contributed by atoms with Crippen molar-refractivity contribution in [1.82, 2.24) is 5.43 Å². The highest BCUT2D eigenvalue weighted by atomic mass is 16.5. The van der Waals surface area contributed by atoms with Crippen molar-refractivity contribution in [2.24, 2.45) is 11.8 Å². The third-order valence-electron chi connectivity index (χ3n) is 3.42. The molecule has 1 aromatic rings. The molecule has 3 nitrogen and oxygen atoms in total. The van der Waals surface area contributed by atoms with Gasteiger partial charge in [0.05, 0.1) is 7.11 Å². The van der Waals surface area contributed by atoms with Crippen molar-refractivity contribution in [1.29, 1.82) is 0 Å². The number of rotatable bonds is 6. The third-order valence-corrected chi connectivity index (χ3v) is 3.42. The quantitative estimate of drug-likeness (QED) is 0.589. The molecule has 0 fully saturated rings. The minimum atomic E-state index is 0.288. The SMILES string of the molecule is CCC(C)C(Cc1cc(C)ccc1OC)NN. The highest BCUT2D eigenvalue weighted by Gasteiger charge is 2.16. The van der Waals surface area contributed by atoms with Gasteiger partial charge in [-0.25, -0.2) is 0 Å². The third kappa shape index (κ3) is 3.72. The van der Waals surface area contributed by atoms with E-state index in [9.17, 15) is 0 Å². The zero-order chi connectivity index (χ0) is 12.8. The Morgan fingerprint density at radius 1 is 1.41 bits per heavy atom. The molecular weight excluding hydrogens is 212 g/mol. The summed E-state index contributed by atoms with van der Waals surface area (Å²) in [7, 11) is 1.71. The van der Waals surface area contributed by atoms with Gasteiger partial charge in [0.15, 0.2) is 0 Å². The predicted octanol–water partition coefficient (Wildman–Crippen LogP) is 2.42. The first-order valence-electron chi connectivity index (χ1n) is 6.22. The summed E-state index contributed by atoms with van der Waals surface area (Å²) in [5.41, 5.74) is 5.39. The average Bonchev–Trinajstić information content (AvgIpc) is 2.35. The highest BCUT2D eigenvalue weighted by molar-refractivity contribution is 5.37. The molecule has 2 unspecified atom stereocenters. The summed E-state index contributed by atoms with van der Waals surface area (Å²) in [6.45, 7) is 6.49. The highest BCUT2D eigenvalue weighted by Crippen LogP contribution is 2.23. The molecule has 96 valence electrons. The van der Waals surface area contributed by atoms with Crippen molar-refractivity contribution in [3.63, 3.8) is 0 Å². The first kappa shape index (κ1) is 14.0. The van der Waals surface area contributed by atoms with Crippen LogP contribution >= 0.6 is 0 Å². The average molecular weight is 236 g/mol. The first-order chi connectivity index (χ1) is 8.12. The second-order valence-corrected chi connectivity index (χ2v) is 4.68. The zero-order valence-corrected chi connectivity index (χ0v) is 11.3. The summed E-state index contributed by atoms with van der Waals surface area (Å²) in [5.74, 6) is 7.13. The number of nitrogens with two attached hydrogens (primary N) is 1. The molecule has 0 aromatic heterocycles. The molecular formula is C14H24N2O. The second kappa shape index (κ2) is 6.62. The van der Waals surface area contributed by atoms with Gasteiger partial charge < -0.3 is 4.74 Å². The molecule has 0 saturated carbocycles. The van der Waals surface area contributed by atoms with E-state index >= 15 is 0 Å². The Kier molecular flexibility index (Phi) is 5.45. The van der Waals surface area contributed by atoms with Crippen LogP contribution < -0.4 is 16.0 Å². The van der Waals surface area contributed by atoms with Gasteiger partial charge in [0.25, 0.3) is 0 Å². The predicted molar refractivity (Wildman–Crippen MR) is 72.0 cm³/mol. The lowest BCUT2D eigenvalue weighted by Gasteiger charge is -2.23. The molecule has 0 amide bonds. The standard InChI is InChI=1S/C14H24N2O/c1-5-11(3)13(16-15)9-12-8-10(2)6-7-14(12)17-4/h6-8,11,13,16H,5,9,15H2,1-4H3. The molecule has 2 atom stereocenters. The van der Waals surface area contributed by atoms with E-state index in [-0.39, 0.29) is 6.04 Å². The van der Waals surface area contributed by atoms with E-state index in [2.05, 4.69) is 38.3 Å². The van der Waals surface area contributed by atoms with E-state index in [4.69, 9.17) is 10.6 Å². The Balaban J connectivity index is 2.88. The summed E-state index contributed by atoms with van der Waals surface area (Å²) in [6.07, 6.45) is 2.01. The lowest BCUT2D eigenvalue weighted by Crippen LogP contribution is -2.41. The second-order valence-electron chi connectivity index (χ2n) is 4.68. The van der Waals surface area contributed by atoms with Crippen LogP contribution in [0.5, 0.6) is 5.75 Å². The van der Waals surface area contributed by atoms with E-state index in [0.29, 0.717) is 5.92 Å². The lowest BCUT2D eigenvalue weighted by molar-refractivity contribution is 0.359. The number of methoxy groups -OCH3 is 1. The van der Waals surface area contributed by atoms with Crippen molar-refractivity contribution < 1.29 is 4.74 Å². The van der Waals surface area contributed by atoms with Crippen LogP contribution in [0.4, 0.5) is 0 Å². The minimum absolute atomic E-state index is 0.288. The van der Waals surface area contributed by atoms with Gasteiger partial charge in [0.2, 0.25) is 0 Å². The first-order valence-corrected chi connectivity index (χ1v) is 6.22. The molecule has 1 aromatic carbocycles. The van der Waals surface area contributed by atoms with Crippen LogP contribution in [0.15, 0.2) is 18.2 Å². The molecule has 0 saturated heterocycles. The van der Waals surface area contributed by atoms with Crippen LogP contribution in [0.25, 0.3) is 0 Å². The van der Waals surface area contributed by atoms with Crippen LogP contribution in [0.3, 0.4) is 0 Å². The molecule has 3 N–H and O–H groups in total. The minimum Gasteiger partial charge on any atom is -0.496 e. The molecule has 0 bridgehead atoms. The monoisotopic (exact) mass is 236 g/mol. The van der Waals surface area contributed by atoms with Gasteiger partial charge in [-0.05, 0) is 30.9 Å². The Morgan fingerprint density at radius 2 is 2.12 bits per heavy atom. The summed E-state index contributed by atoms with van der Waals surface area (Å²) >= 11 is 0. The fourth-order valence-corrected chi connectivity index (χ4v) is 2.01. The van der Waals surface area contributed by atoms with Crippen LogP contribution in [-0.2, 0) is 6.42 Å². The van der Waals surface area contributed by atoms with Crippen LogP contribution in [0.1, 0.15) is 31.4 Å². The number of benzene rings is 1. The number of hydrogen-bond acceptors (Lipinski definition) is 3. The largest absolute Gasteiger partial charge is 0.496 e. The van der Waals surface area contributed by atoms with Gasteiger partial charge >= 0.3 is 0 Å². The Hall–Kier alpha value is -1.06. The van der Waals surface area contributed by atoms with Gasteiger partial charge in [0, 0.05) is 6.04 Å². The summed E-state index contributed by atoms with van der Waals surface area (Å²) in [5, 5.41) is 0. The fraction of sp³-hybridized carbons (Fsp3) is 0.571. The topological polar surface area (TPSA) is 47.3 Å². The molecule has 3 heteroatoms. The normalized spacial score (nSPS) is 14.4. The maximum atomic E-state index is 5.64. The Labute approximate surface area is 104 Å². The van der Waals surface area contributed by atoms with Crippen molar-refractivity contribution in [3.8, 4) is 5.75 Å². The lowest BCUT2D eigenvalue weighted by atomic mass is 9.92. The van der Waals surface area contributed by atoms with Gasteiger partial charge in [-0.1, -0.05) is 38.0 Å². The molecule has 0 heterocycles. The van der Waals surface area contributed by atoms with E-state index in [1.807, 2.05) is 6.07 Å². The molecule has 0 radical (unpaired) electrons. The molecule has 0 spiro atoms. The maximum absolute atomic E-state index is 5.64. The van der Waals surface area contributed by atoms with Crippen molar-refractivity contribution in [3.05, 3.63) is 29.3 Å². The number of hydrazine groups is 1. The Bertz CT molecular complexity index is 352. The van der Waals surface area contributed by atoms with Gasteiger partial charge in [-0.15, -0.1) is 0 Å². The van der Waals surface area contributed by atoms with Crippen LogP contribution in [0, 0.1) is 12.8 Å². The number of hydrogen-bond donors (Lipinski definition) is 2. The van der Waals surface area contributed by atoms with Crippen molar-refractivity contribution >= 4 is 0 Å². The summed E-state index contributed by atoms with van der Waals surface area (Å²) in [4.78, 5) is 0. The van der Waals surface area contributed by atoms with Gasteiger partial charge in [0.1, 0.15) is 5.75 Å². The number of ether oxygens (including phenoxy) is 1. The summed E-state index contributed by atoms with van der Waals surface area (Å²) < 4.78 is 5.39. The molecule has 0 aliphatic carbocycles. The van der Waals surface area contributed by atoms with Gasteiger partial charge in [-0.2, -0.15) is 0 Å². The van der Waals surface area contributed by atoms with Crippen LogP contribution in [-0.4, -0.2) is 13.2 Å². The maximum Gasteiger partial charge on any atom is 0.122 e. The fourth-order valence-electron chi connectivity index (χ4n) is 2.01. The molecule has 17 heavy (non-hydrogen) atoms. The number of aryl methyl sites for hydroxylation is 1. The van der Waals surface area contributed by atoms with E-state index in [0.717, 1.165) is 18.6 Å².